The molecular weight excluding hydrogens is 275 g/mol. The predicted octanol–water partition coefficient (Wildman–Crippen LogP) is 3.16. The van der Waals surface area contributed by atoms with E-state index in [9.17, 15) is 13.2 Å². The van der Waals surface area contributed by atoms with Crippen LogP contribution in [-0.2, 0) is 6.18 Å². The zero-order chi connectivity index (χ0) is 14.6. The molecule has 1 rings (SSSR count). The molecule has 0 aliphatic rings. The fraction of sp³-hybridized carbons (Fsp3) is 0.500. The number of pyridine rings is 1. The van der Waals surface area contributed by atoms with Crippen LogP contribution in [0.2, 0.25) is 0 Å². The summed E-state index contributed by atoms with van der Waals surface area (Å²) >= 11 is 1.58. The highest BCUT2D eigenvalue weighted by atomic mass is 32.2. The molecule has 0 aliphatic carbocycles. The summed E-state index contributed by atoms with van der Waals surface area (Å²) in [5, 5.41) is 8.97. The van der Waals surface area contributed by atoms with Gasteiger partial charge in [0.05, 0.1) is 5.56 Å². The van der Waals surface area contributed by atoms with Gasteiger partial charge >= 0.3 is 6.18 Å². The zero-order valence-corrected chi connectivity index (χ0v) is 11.6. The van der Waals surface area contributed by atoms with Crippen LogP contribution < -0.4 is 4.90 Å². The van der Waals surface area contributed by atoms with Crippen molar-refractivity contribution in [1.29, 1.82) is 5.26 Å². The van der Waals surface area contributed by atoms with Crippen molar-refractivity contribution in [3.05, 3.63) is 23.4 Å². The van der Waals surface area contributed by atoms with E-state index in [1.54, 1.807) is 23.7 Å². The van der Waals surface area contributed by atoms with Gasteiger partial charge in [-0.3, -0.25) is 0 Å². The summed E-state index contributed by atoms with van der Waals surface area (Å²) < 4.78 is 37.9. The summed E-state index contributed by atoms with van der Waals surface area (Å²) in [6.07, 6.45) is -2.60. The second kappa shape index (κ2) is 6.15. The third kappa shape index (κ3) is 3.77. The minimum Gasteiger partial charge on any atom is -0.355 e. The van der Waals surface area contributed by atoms with Crippen LogP contribution in [-0.4, -0.2) is 30.1 Å². The van der Waals surface area contributed by atoms with Crippen molar-refractivity contribution in [2.24, 2.45) is 0 Å². The van der Waals surface area contributed by atoms with Crippen LogP contribution in [0.1, 0.15) is 18.2 Å². The van der Waals surface area contributed by atoms with Crippen molar-refractivity contribution in [2.75, 3.05) is 24.0 Å². The molecule has 3 nitrogen and oxygen atoms in total. The molecule has 1 unspecified atom stereocenters. The summed E-state index contributed by atoms with van der Waals surface area (Å²) in [4.78, 5) is 5.19. The second-order valence-electron chi connectivity index (χ2n) is 4.09. The lowest BCUT2D eigenvalue weighted by Gasteiger charge is -2.26. The van der Waals surface area contributed by atoms with E-state index in [4.69, 9.17) is 5.26 Å². The fourth-order valence-electron chi connectivity index (χ4n) is 1.52. The average Bonchev–Trinajstić information content (AvgIpc) is 2.36. The molecule has 104 valence electrons. The van der Waals surface area contributed by atoms with Crippen molar-refractivity contribution >= 4 is 17.6 Å². The highest BCUT2D eigenvalue weighted by molar-refractivity contribution is 7.98. The number of rotatable bonds is 4. The van der Waals surface area contributed by atoms with Crippen molar-refractivity contribution in [3.8, 4) is 6.07 Å². The first-order chi connectivity index (χ1) is 8.81. The van der Waals surface area contributed by atoms with Gasteiger partial charge in [-0.05, 0) is 25.3 Å². The molecule has 0 radical (unpaired) electrons. The SMILES string of the molecule is CSCC(C)N(C)c1nc(C(F)(F)F)ccc1C#N. The molecule has 0 aliphatic heterocycles. The second-order valence-corrected chi connectivity index (χ2v) is 5.00. The van der Waals surface area contributed by atoms with E-state index in [1.165, 1.54) is 0 Å². The maximum Gasteiger partial charge on any atom is 0.433 e. The summed E-state index contributed by atoms with van der Waals surface area (Å²) in [5.41, 5.74) is -0.840. The van der Waals surface area contributed by atoms with Crippen molar-refractivity contribution in [1.82, 2.24) is 4.98 Å². The number of nitrogens with zero attached hydrogens (tertiary/aromatic N) is 3. The molecule has 0 N–H and O–H groups in total. The molecule has 19 heavy (non-hydrogen) atoms. The Morgan fingerprint density at radius 1 is 1.47 bits per heavy atom. The maximum absolute atomic E-state index is 12.6. The van der Waals surface area contributed by atoms with E-state index in [0.717, 1.165) is 17.9 Å². The number of thioether (sulfide) groups is 1. The van der Waals surface area contributed by atoms with Gasteiger partial charge in [-0.2, -0.15) is 30.2 Å². The van der Waals surface area contributed by atoms with Gasteiger partial charge in [-0.15, -0.1) is 0 Å². The summed E-state index contributed by atoms with van der Waals surface area (Å²) in [6.45, 7) is 1.87. The number of alkyl halides is 3. The lowest BCUT2D eigenvalue weighted by Crippen LogP contribution is -2.32. The van der Waals surface area contributed by atoms with Crippen molar-refractivity contribution in [2.45, 2.75) is 19.1 Å². The Bertz CT molecular complexity index is 482. The van der Waals surface area contributed by atoms with Gasteiger partial charge in [-0.25, -0.2) is 4.98 Å². The Labute approximate surface area is 114 Å². The standard InChI is InChI=1S/C12H14F3N3S/c1-8(7-19-3)18(2)11-9(6-16)4-5-10(17-11)12(13,14)15/h4-5,8H,7H2,1-3H3. The molecular formula is C12H14F3N3S. The number of hydrogen-bond donors (Lipinski definition) is 0. The third-order valence-electron chi connectivity index (χ3n) is 2.69. The van der Waals surface area contributed by atoms with Crippen LogP contribution in [0.4, 0.5) is 19.0 Å². The number of hydrogen-bond acceptors (Lipinski definition) is 4. The van der Waals surface area contributed by atoms with E-state index < -0.39 is 11.9 Å². The smallest absolute Gasteiger partial charge is 0.355 e. The zero-order valence-electron chi connectivity index (χ0n) is 10.8. The lowest BCUT2D eigenvalue weighted by molar-refractivity contribution is -0.141. The topological polar surface area (TPSA) is 39.9 Å². The first kappa shape index (κ1) is 15.6. The third-order valence-corrected chi connectivity index (χ3v) is 3.50. The van der Waals surface area contributed by atoms with Gasteiger partial charge in [-0.1, -0.05) is 0 Å². The van der Waals surface area contributed by atoms with E-state index in [-0.39, 0.29) is 17.4 Å². The molecule has 1 aromatic rings. The van der Waals surface area contributed by atoms with Crippen LogP contribution >= 0.6 is 11.8 Å². The van der Waals surface area contributed by atoms with E-state index in [0.29, 0.717) is 0 Å². The van der Waals surface area contributed by atoms with E-state index in [2.05, 4.69) is 4.98 Å². The molecule has 1 atom stereocenters. The van der Waals surface area contributed by atoms with Crippen LogP contribution in [0.3, 0.4) is 0 Å². The predicted molar refractivity (Wildman–Crippen MR) is 70.2 cm³/mol. The van der Waals surface area contributed by atoms with Gasteiger partial charge in [0, 0.05) is 18.8 Å². The van der Waals surface area contributed by atoms with Crippen LogP contribution in [0.5, 0.6) is 0 Å². The minimum atomic E-state index is -4.51. The summed E-state index contributed by atoms with van der Waals surface area (Å²) in [5.74, 6) is 0.804. The van der Waals surface area contributed by atoms with Crippen LogP contribution in [0, 0.1) is 11.3 Å². The largest absolute Gasteiger partial charge is 0.433 e. The lowest BCUT2D eigenvalue weighted by atomic mass is 10.2. The number of halogens is 3. The quantitative estimate of drug-likeness (QED) is 0.853. The molecule has 0 saturated carbocycles. The normalized spacial score (nSPS) is 12.9. The molecule has 1 aromatic heterocycles. The molecule has 0 saturated heterocycles. The Hall–Kier alpha value is -1.42. The Morgan fingerprint density at radius 2 is 2.11 bits per heavy atom. The summed E-state index contributed by atoms with van der Waals surface area (Å²) in [6, 6.07) is 3.85. The highest BCUT2D eigenvalue weighted by Crippen LogP contribution is 2.30. The average molecular weight is 289 g/mol. The first-order valence-electron chi connectivity index (χ1n) is 5.51. The van der Waals surface area contributed by atoms with E-state index in [1.807, 2.05) is 19.2 Å². The minimum absolute atomic E-state index is 0.0157. The van der Waals surface area contributed by atoms with Crippen LogP contribution in [0.25, 0.3) is 0 Å². The molecule has 7 heteroatoms. The molecule has 0 spiro atoms. The molecule has 0 fully saturated rings. The Morgan fingerprint density at radius 3 is 2.58 bits per heavy atom. The van der Waals surface area contributed by atoms with Crippen LogP contribution in [0.15, 0.2) is 12.1 Å². The Kier molecular flexibility index (Phi) is 5.06. The first-order valence-corrected chi connectivity index (χ1v) is 6.90. The van der Waals surface area contributed by atoms with Gasteiger partial charge in [0.15, 0.2) is 0 Å². The molecule has 0 aromatic carbocycles. The number of aromatic nitrogens is 1. The maximum atomic E-state index is 12.6. The molecule has 0 bridgehead atoms. The fourth-order valence-corrected chi connectivity index (χ4v) is 2.23. The molecule has 1 heterocycles. The molecule has 0 amide bonds. The van der Waals surface area contributed by atoms with Gasteiger partial charge in [0.25, 0.3) is 0 Å². The highest BCUT2D eigenvalue weighted by Gasteiger charge is 2.33. The van der Waals surface area contributed by atoms with Gasteiger partial charge in [0.1, 0.15) is 17.6 Å². The van der Waals surface area contributed by atoms with Gasteiger partial charge in [0.2, 0.25) is 0 Å². The van der Waals surface area contributed by atoms with E-state index >= 15 is 0 Å². The van der Waals surface area contributed by atoms with Crippen molar-refractivity contribution < 1.29 is 13.2 Å². The monoisotopic (exact) mass is 289 g/mol. The van der Waals surface area contributed by atoms with Gasteiger partial charge < -0.3 is 4.90 Å². The number of anilines is 1. The summed E-state index contributed by atoms with van der Waals surface area (Å²) in [7, 11) is 1.64. The number of nitriles is 1. The van der Waals surface area contributed by atoms with Crippen molar-refractivity contribution in [3.63, 3.8) is 0 Å². The Balaban J connectivity index is 3.20.